The molecule has 0 aliphatic rings. The minimum atomic E-state index is -4.96. The van der Waals surface area contributed by atoms with Gasteiger partial charge in [-0.1, -0.05) is 337 Å². The van der Waals surface area contributed by atoms with Crippen LogP contribution in [0.5, 0.6) is 0 Å². The van der Waals surface area contributed by atoms with Gasteiger partial charge in [0.2, 0.25) is 0 Å². The molecule has 0 aliphatic carbocycles. The van der Waals surface area contributed by atoms with E-state index >= 15 is 0 Å². The lowest BCUT2D eigenvalue weighted by Gasteiger charge is -2.21. The van der Waals surface area contributed by atoms with Crippen molar-refractivity contribution in [3.8, 4) is 0 Å². The Bertz CT molecular complexity index is 1820. The summed E-state index contributed by atoms with van der Waals surface area (Å²) in [6.07, 6.45) is 54.0. The monoisotopic (exact) mass is 1380 g/mol. The molecular weight excluding hydrogens is 1230 g/mol. The van der Waals surface area contributed by atoms with Crippen LogP contribution in [0.25, 0.3) is 0 Å². The average Bonchev–Trinajstić information content (AvgIpc) is 1.67. The third kappa shape index (κ3) is 68.6. The van der Waals surface area contributed by atoms with Crippen LogP contribution in [0.3, 0.4) is 0 Å². The zero-order chi connectivity index (χ0) is 69.3. The van der Waals surface area contributed by atoms with Crippen molar-refractivity contribution in [3.05, 3.63) is 0 Å². The lowest BCUT2D eigenvalue weighted by molar-refractivity contribution is -0.161. The highest BCUT2D eigenvalue weighted by molar-refractivity contribution is 7.47. The molecule has 0 spiro atoms. The van der Waals surface area contributed by atoms with Crippen LogP contribution >= 0.6 is 15.6 Å². The molecule has 2 unspecified atom stereocenters. The van der Waals surface area contributed by atoms with Gasteiger partial charge in [0.25, 0.3) is 0 Å². The van der Waals surface area contributed by atoms with E-state index in [1.807, 2.05) is 0 Å². The largest absolute Gasteiger partial charge is 0.472 e. The van der Waals surface area contributed by atoms with Crippen LogP contribution in [0, 0.1) is 11.8 Å². The minimum absolute atomic E-state index is 0.107. The summed E-state index contributed by atoms with van der Waals surface area (Å²) in [5.74, 6) is -0.536. The maximum Gasteiger partial charge on any atom is 0.472 e. The van der Waals surface area contributed by atoms with Gasteiger partial charge in [-0.15, -0.1) is 0 Å². The molecule has 0 rings (SSSR count). The van der Waals surface area contributed by atoms with Crippen molar-refractivity contribution in [1.82, 2.24) is 0 Å². The maximum atomic E-state index is 13.1. The van der Waals surface area contributed by atoms with Gasteiger partial charge >= 0.3 is 39.5 Å². The number of unbranched alkanes of at least 4 members (excludes halogenated alkanes) is 44. The second-order valence-corrected chi connectivity index (χ2v) is 30.9. The minimum Gasteiger partial charge on any atom is -0.462 e. The van der Waals surface area contributed by atoms with Gasteiger partial charge in [0.1, 0.15) is 19.3 Å². The number of hydrogen-bond acceptors (Lipinski definition) is 15. The van der Waals surface area contributed by atoms with Crippen molar-refractivity contribution in [2.75, 3.05) is 39.6 Å². The van der Waals surface area contributed by atoms with Crippen molar-refractivity contribution in [3.63, 3.8) is 0 Å². The summed E-state index contributed by atoms with van der Waals surface area (Å²) in [6, 6.07) is 0. The molecule has 0 aromatic heterocycles. The van der Waals surface area contributed by atoms with Crippen LogP contribution in [0.15, 0.2) is 0 Å². The SMILES string of the molecule is CCCCCCCCCCCCCCC(=O)O[C@H](COC(=O)CCCCCCCCCCC)COP(=O)(O)OC[C@H](O)COP(=O)(O)OC[C@@H](COC(=O)CCCCCCCCCCCCCC(C)C)OC(=O)CCCCCCCCCCCCCCCCCCC(C)C. The standard InChI is InChI=1S/C75H146O17P2/c1-7-9-11-13-15-17-18-28-35-41-47-53-59-74(79)91-70(63-85-72(77)57-51-45-39-31-16-14-12-10-8-2)65-89-93(81,82)87-61-69(76)62-88-94(83,84)90-66-71(64-86-73(78)58-52-46-40-34-30-25-27-33-38-44-50-56-68(5)6)92-75(80)60-54-48-42-36-29-24-22-20-19-21-23-26-32-37-43-49-55-67(3)4/h67-71,76H,7-66H2,1-6H3,(H,81,82)(H,83,84)/t69-,70+,71+/m0/s1. The topological polar surface area (TPSA) is 237 Å². The van der Waals surface area contributed by atoms with E-state index in [9.17, 15) is 43.2 Å². The predicted molar refractivity (Wildman–Crippen MR) is 381 cm³/mol. The molecule has 558 valence electrons. The van der Waals surface area contributed by atoms with Crippen LogP contribution in [0.4, 0.5) is 0 Å². The number of hydrogen-bond donors (Lipinski definition) is 3. The molecule has 94 heavy (non-hydrogen) atoms. The van der Waals surface area contributed by atoms with Crippen LogP contribution in [-0.2, 0) is 65.4 Å². The fourth-order valence-electron chi connectivity index (χ4n) is 11.5. The molecule has 0 amide bonds. The Morgan fingerprint density at radius 1 is 0.287 bits per heavy atom. The average molecular weight is 1380 g/mol. The van der Waals surface area contributed by atoms with Gasteiger partial charge in [0, 0.05) is 25.7 Å². The predicted octanol–water partition coefficient (Wildman–Crippen LogP) is 21.9. The first-order chi connectivity index (χ1) is 45.4. The number of esters is 4. The van der Waals surface area contributed by atoms with Gasteiger partial charge in [0.05, 0.1) is 26.4 Å². The third-order valence-corrected chi connectivity index (χ3v) is 19.4. The van der Waals surface area contributed by atoms with Crippen molar-refractivity contribution in [1.29, 1.82) is 0 Å². The first kappa shape index (κ1) is 92.1. The number of carbonyl (C=O) groups is 4. The summed E-state index contributed by atoms with van der Waals surface area (Å²) < 4.78 is 68.4. The van der Waals surface area contributed by atoms with Crippen molar-refractivity contribution in [2.24, 2.45) is 11.8 Å². The first-order valence-electron chi connectivity index (χ1n) is 39.0. The normalized spacial score (nSPS) is 14.0. The molecule has 19 heteroatoms. The molecule has 0 aromatic carbocycles. The molecule has 0 saturated heterocycles. The molecule has 0 aliphatic heterocycles. The van der Waals surface area contributed by atoms with Crippen LogP contribution < -0.4 is 0 Å². The number of ether oxygens (including phenoxy) is 4. The fourth-order valence-corrected chi connectivity index (χ4v) is 13.1. The Kier molecular flexibility index (Phi) is 65.5. The van der Waals surface area contributed by atoms with Gasteiger partial charge < -0.3 is 33.8 Å². The van der Waals surface area contributed by atoms with E-state index in [1.54, 1.807) is 0 Å². The third-order valence-electron chi connectivity index (χ3n) is 17.5. The highest BCUT2D eigenvalue weighted by Crippen LogP contribution is 2.45. The zero-order valence-electron chi connectivity index (χ0n) is 61.3. The Morgan fingerprint density at radius 2 is 0.489 bits per heavy atom. The summed E-state index contributed by atoms with van der Waals surface area (Å²) >= 11 is 0. The summed E-state index contributed by atoms with van der Waals surface area (Å²) in [7, 11) is -9.91. The van der Waals surface area contributed by atoms with E-state index in [0.29, 0.717) is 25.7 Å². The van der Waals surface area contributed by atoms with E-state index < -0.39 is 97.5 Å². The van der Waals surface area contributed by atoms with Crippen LogP contribution in [0.2, 0.25) is 0 Å². The van der Waals surface area contributed by atoms with Gasteiger partial charge in [-0.25, -0.2) is 9.13 Å². The summed E-state index contributed by atoms with van der Waals surface area (Å²) in [5.41, 5.74) is 0. The van der Waals surface area contributed by atoms with E-state index in [2.05, 4.69) is 41.5 Å². The Morgan fingerprint density at radius 3 is 0.723 bits per heavy atom. The van der Waals surface area contributed by atoms with E-state index in [1.165, 1.54) is 205 Å². The summed E-state index contributed by atoms with van der Waals surface area (Å²) in [6.45, 7) is 9.61. The summed E-state index contributed by atoms with van der Waals surface area (Å²) in [5, 5.41) is 10.6. The quantitative estimate of drug-likeness (QED) is 0.0222. The van der Waals surface area contributed by atoms with E-state index in [4.69, 9.17) is 37.0 Å². The number of phosphoric acid groups is 2. The molecular formula is C75H146O17P2. The molecule has 5 atom stereocenters. The molecule has 0 fully saturated rings. The highest BCUT2D eigenvalue weighted by Gasteiger charge is 2.30. The Hall–Kier alpha value is -1.94. The second-order valence-electron chi connectivity index (χ2n) is 28.0. The van der Waals surface area contributed by atoms with Gasteiger partial charge in [0.15, 0.2) is 12.2 Å². The smallest absolute Gasteiger partial charge is 0.462 e. The molecule has 0 saturated carbocycles. The number of aliphatic hydroxyl groups excluding tert-OH is 1. The first-order valence-corrected chi connectivity index (χ1v) is 42.0. The zero-order valence-corrected chi connectivity index (χ0v) is 63.1. The second kappa shape index (κ2) is 66.9. The van der Waals surface area contributed by atoms with E-state index in [0.717, 1.165) is 102 Å². The number of rotatable bonds is 74. The molecule has 0 radical (unpaired) electrons. The van der Waals surface area contributed by atoms with Gasteiger partial charge in [-0.3, -0.25) is 37.3 Å². The number of carbonyl (C=O) groups excluding carboxylic acids is 4. The lowest BCUT2D eigenvalue weighted by atomic mass is 10.0. The maximum absolute atomic E-state index is 13.1. The van der Waals surface area contributed by atoms with Gasteiger partial charge in [-0.2, -0.15) is 0 Å². The number of phosphoric ester groups is 2. The summed E-state index contributed by atoms with van der Waals surface area (Å²) in [4.78, 5) is 72.7. The van der Waals surface area contributed by atoms with Crippen LogP contribution in [-0.4, -0.2) is 96.7 Å². The van der Waals surface area contributed by atoms with Gasteiger partial charge in [-0.05, 0) is 37.5 Å². The fraction of sp³-hybridized carbons (Fsp3) is 0.947. The Labute approximate surface area is 575 Å². The van der Waals surface area contributed by atoms with Crippen molar-refractivity contribution < 1.29 is 80.2 Å². The highest BCUT2D eigenvalue weighted by atomic mass is 31.2. The van der Waals surface area contributed by atoms with Crippen molar-refractivity contribution in [2.45, 2.75) is 407 Å². The molecule has 0 heterocycles. The molecule has 17 nitrogen and oxygen atoms in total. The number of aliphatic hydroxyl groups is 1. The molecule has 0 aromatic rings. The van der Waals surface area contributed by atoms with Crippen LogP contribution in [0.1, 0.15) is 388 Å². The molecule has 0 bridgehead atoms. The Balaban J connectivity index is 5.22. The lowest BCUT2D eigenvalue weighted by Crippen LogP contribution is -2.30. The van der Waals surface area contributed by atoms with Crippen molar-refractivity contribution >= 4 is 39.5 Å². The molecule has 3 N–H and O–H groups in total. The van der Waals surface area contributed by atoms with E-state index in [-0.39, 0.29) is 25.7 Å².